The number of ether oxygens (including phenoxy) is 1. The predicted molar refractivity (Wildman–Crippen MR) is 86.0 cm³/mol. The first-order valence-corrected chi connectivity index (χ1v) is 9.48. The van der Waals surface area contributed by atoms with Crippen molar-refractivity contribution in [3.8, 4) is 17.1 Å². The lowest BCUT2D eigenvalue weighted by atomic mass is 10.2. The summed E-state index contributed by atoms with van der Waals surface area (Å²) in [7, 11) is -1.46. The van der Waals surface area contributed by atoms with Crippen LogP contribution in [0, 0.1) is 0 Å². The van der Waals surface area contributed by atoms with Crippen molar-refractivity contribution in [1.29, 1.82) is 0 Å². The molecule has 124 valence electrons. The molecule has 0 saturated heterocycles. The highest BCUT2D eigenvalue weighted by atomic mass is 32.2. The van der Waals surface area contributed by atoms with Gasteiger partial charge in [-0.2, -0.15) is 4.98 Å². The van der Waals surface area contributed by atoms with Gasteiger partial charge in [-0.25, -0.2) is 8.42 Å². The zero-order valence-electron chi connectivity index (χ0n) is 13.1. The van der Waals surface area contributed by atoms with E-state index in [0.29, 0.717) is 11.7 Å². The highest BCUT2D eigenvalue weighted by Gasteiger charge is 2.28. The second kappa shape index (κ2) is 6.70. The van der Waals surface area contributed by atoms with Crippen LogP contribution in [0.2, 0.25) is 0 Å². The maximum atomic E-state index is 12.2. The summed E-state index contributed by atoms with van der Waals surface area (Å²) in [5.41, 5.74) is 0.805. The third-order valence-electron chi connectivity index (χ3n) is 4.23. The standard InChI is InChI=1S/C16H20N2O4S/c1-21-13-8-6-12(7-9-13)16-17-15(22-18-16)10-11-23(19,20)14-4-2-3-5-14/h6-9,14H,2-5,10-11H2,1H3. The number of benzene rings is 1. The van der Waals surface area contributed by atoms with Crippen LogP contribution in [0.4, 0.5) is 0 Å². The third-order valence-corrected chi connectivity index (χ3v) is 6.49. The molecule has 1 aliphatic rings. The molecule has 0 bridgehead atoms. The van der Waals surface area contributed by atoms with E-state index in [4.69, 9.17) is 9.26 Å². The summed E-state index contributed by atoms with van der Waals surface area (Å²) in [6.07, 6.45) is 3.84. The zero-order chi connectivity index (χ0) is 16.3. The van der Waals surface area contributed by atoms with Gasteiger partial charge in [0.05, 0.1) is 18.1 Å². The molecule has 7 heteroatoms. The lowest BCUT2D eigenvalue weighted by molar-refractivity contribution is 0.382. The Labute approximate surface area is 135 Å². The maximum absolute atomic E-state index is 12.2. The molecule has 0 N–H and O–H groups in total. The van der Waals surface area contributed by atoms with Gasteiger partial charge in [-0.1, -0.05) is 18.0 Å². The van der Waals surface area contributed by atoms with Gasteiger partial charge in [-0.15, -0.1) is 0 Å². The van der Waals surface area contributed by atoms with Crippen molar-refractivity contribution in [2.24, 2.45) is 0 Å². The number of aromatic nitrogens is 2. The number of methoxy groups -OCH3 is 1. The van der Waals surface area contributed by atoms with Crippen LogP contribution in [0.1, 0.15) is 31.6 Å². The van der Waals surface area contributed by atoms with Crippen molar-refractivity contribution < 1.29 is 17.7 Å². The van der Waals surface area contributed by atoms with Crippen LogP contribution >= 0.6 is 0 Å². The van der Waals surface area contributed by atoms with Crippen LogP contribution in [-0.4, -0.2) is 36.7 Å². The Bertz CT molecular complexity index is 747. The lowest BCUT2D eigenvalue weighted by Gasteiger charge is -2.09. The van der Waals surface area contributed by atoms with Crippen molar-refractivity contribution in [1.82, 2.24) is 10.1 Å². The monoisotopic (exact) mass is 336 g/mol. The molecule has 0 radical (unpaired) electrons. The molecular weight excluding hydrogens is 316 g/mol. The Kier molecular flexibility index (Phi) is 4.66. The minimum Gasteiger partial charge on any atom is -0.497 e. The molecule has 6 nitrogen and oxygen atoms in total. The topological polar surface area (TPSA) is 82.3 Å². The Morgan fingerprint density at radius 2 is 1.91 bits per heavy atom. The molecular formula is C16H20N2O4S. The predicted octanol–water partition coefficient (Wildman–Crippen LogP) is 2.65. The maximum Gasteiger partial charge on any atom is 0.227 e. The normalized spacial score (nSPS) is 15.9. The molecule has 3 rings (SSSR count). The Morgan fingerprint density at radius 3 is 2.57 bits per heavy atom. The summed E-state index contributed by atoms with van der Waals surface area (Å²) in [6.45, 7) is 0. The van der Waals surface area contributed by atoms with Gasteiger partial charge in [0.25, 0.3) is 0 Å². The highest BCUT2D eigenvalue weighted by Crippen LogP contribution is 2.26. The molecule has 23 heavy (non-hydrogen) atoms. The first kappa shape index (κ1) is 16.0. The molecule has 1 aromatic heterocycles. The quantitative estimate of drug-likeness (QED) is 0.806. The molecule has 0 aliphatic heterocycles. The van der Waals surface area contributed by atoms with E-state index >= 15 is 0 Å². The Morgan fingerprint density at radius 1 is 1.22 bits per heavy atom. The molecule has 2 aromatic rings. The molecule has 0 spiro atoms. The first-order valence-electron chi connectivity index (χ1n) is 7.77. The summed E-state index contributed by atoms with van der Waals surface area (Å²) in [6, 6.07) is 7.30. The lowest BCUT2D eigenvalue weighted by Crippen LogP contribution is -2.22. The van der Waals surface area contributed by atoms with Crippen molar-refractivity contribution in [2.45, 2.75) is 37.4 Å². The molecule has 1 aromatic carbocycles. The Hall–Kier alpha value is -1.89. The number of rotatable bonds is 6. The number of hydrogen-bond donors (Lipinski definition) is 0. The minimum absolute atomic E-state index is 0.0713. The van der Waals surface area contributed by atoms with Gasteiger partial charge in [0.2, 0.25) is 11.7 Å². The second-order valence-electron chi connectivity index (χ2n) is 5.76. The van der Waals surface area contributed by atoms with Gasteiger partial charge in [-0.05, 0) is 37.1 Å². The summed E-state index contributed by atoms with van der Waals surface area (Å²) in [5, 5.41) is 3.73. The van der Waals surface area contributed by atoms with Gasteiger partial charge in [0.15, 0.2) is 9.84 Å². The van der Waals surface area contributed by atoms with Gasteiger partial charge >= 0.3 is 0 Å². The fourth-order valence-electron chi connectivity index (χ4n) is 2.86. The van der Waals surface area contributed by atoms with Crippen molar-refractivity contribution >= 4 is 9.84 Å². The molecule has 1 heterocycles. The van der Waals surface area contributed by atoms with E-state index in [0.717, 1.165) is 37.0 Å². The van der Waals surface area contributed by atoms with Crippen molar-refractivity contribution in [3.05, 3.63) is 30.2 Å². The van der Waals surface area contributed by atoms with Gasteiger partial charge in [-0.3, -0.25) is 0 Å². The van der Waals surface area contributed by atoms with Crippen molar-refractivity contribution in [3.63, 3.8) is 0 Å². The molecule has 1 fully saturated rings. The van der Waals surface area contributed by atoms with Gasteiger partial charge in [0, 0.05) is 12.0 Å². The largest absolute Gasteiger partial charge is 0.497 e. The molecule has 0 atom stereocenters. The van der Waals surface area contributed by atoms with Crippen LogP contribution in [0.25, 0.3) is 11.4 Å². The average molecular weight is 336 g/mol. The van der Waals surface area contributed by atoms with E-state index in [1.165, 1.54) is 0 Å². The third kappa shape index (κ3) is 3.72. The fraction of sp³-hybridized carbons (Fsp3) is 0.500. The van der Waals surface area contributed by atoms with Crippen LogP contribution < -0.4 is 4.74 Å². The van der Waals surface area contributed by atoms with E-state index in [1.807, 2.05) is 24.3 Å². The number of aryl methyl sites for hydroxylation is 1. The average Bonchev–Trinajstić information content (AvgIpc) is 3.25. The second-order valence-corrected chi connectivity index (χ2v) is 8.16. The van der Waals surface area contributed by atoms with Crippen LogP contribution in [0.3, 0.4) is 0 Å². The number of nitrogens with zero attached hydrogens (tertiary/aromatic N) is 2. The fourth-order valence-corrected chi connectivity index (χ4v) is 4.70. The van der Waals surface area contributed by atoms with Crippen LogP contribution in [0.5, 0.6) is 5.75 Å². The summed E-state index contributed by atoms with van der Waals surface area (Å²) < 4.78 is 34.8. The molecule has 1 aliphatic carbocycles. The van der Waals surface area contributed by atoms with E-state index in [2.05, 4.69) is 10.1 Å². The molecule has 1 saturated carbocycles. The Balaban J connectivity index is 1.65. The first-order chi connectivity index (χ1) is 11.1. The van der Waals surface area contributed by atoms with Gasteiger partial charge in [0.1, 0.15) is 5.75 Å². The van der Waals surface area contributed by atoms with E-state index < -0.39 is 9.84 Å². The molecule has 0 unspecified atom stereocenters. The highest BCUT2D eigenvalue weighted by molar-refractivity contribution is 7.92. The summed E-state index contributed by atoms with van der Waals surface area (Å²) in [5.74, 6) is 1.64. The number of sulfone groups is 1. The smallest absolute Gasteiger partial charge is 0.227 e. The van der Waals surface area contributed by atoms with E-state index in [9.17, 15) is 8.42 Å². The van der Waals surface area contributed by atoms with E-state index in [-0.39, 0.29) is 17.4 Å². The SMILES string of the molecule is COc1ccc(-c2noc(CCS(=O)(=O)C3CCCC3)n2)cc1. The van der Waals surface area contributed by atoms with E-state index in [1.54, 1.807) is 7.11 Å². The van der Waals surface area contributed by atoms with Crippen LogP contribution in [-0.2, 0) is 16.3 Å². The van der Waals surface area contributed by atoms with Crippen LogP contribution in [0.15, 0.2) is 28.8 Å². The minimum atomic E-state index is -3.07. The molecule has 0 amide bonds. The summed E-state index contributed by atoms with van der Waals surface area (Å²) in [4.78, 5) is 4.28. The number of hydrogen-bond acceptors (Lipinski definition) is 6. The van der Waals surface area contributed by atoms with Crippen molar-refractivity contribution in [2.75, 3.05) is 12.9 Å². The van der Waals surface area contributed by atoms with Gasteiger partial charge < -0.3 is 9.26 Å². The summed E-state index contributed by atoms with van der Waals surface area (Å²) >= 11 is 0. The zero-order valence-corrected chi connectivity index (χ0v) is 13.9.